The summed E-state index contributed by atoms with van der Waals surface area (Å²) < 4.78 is 10.6. The molecule has 2 aromatic heterocycles. The largest absolute Gasteiger partial charge is 0.466 e. The molecule has 0 amide bonds. The summed E-state index contributed by atoms with van der Waals surface area (Å²) in [4.78, 5) is 18.7. The van der Waals surface area contributed by atoms with Crippen LogP contribution >= 0.6 is 11.3 Å². The number of hydrogen-bond donors (Lipinski definition) is 0. The van der Waals surface area contributed by atoms with Gasteiger partial charge in [-0.1, -0.05) is 36.5 Å². The highest BCUT2D eigenvalue weighted by Crippen LogP contribution is 2.42. The molecule has 1 aromatic carbocycles. The van der Waals surface area contributed by atoms with Gasteiger partial charge in [0, 0.05) is 30.3 Å². The van der Waals surface area contributed by atoms with Crippen molar-refractivity contribution in [2.45, 2.75) is 45.0 Å². The van der Waals surface area contributed by atoms with E-state index in [0.717, 1.165) is 34.6 Å². The van der Waals surface area contributed by atoms with E-state index in [0.29, 0.717) is 11.0 Å². The fourth-order valence-electron chi connectivity index (χ4n) is 3.89. The molecule has 0 saturated carbocycles. The fraction of sp³-hybridized carbons (Fsp3) is 0.350. The molecule has 0 saturated heterocycles. The van der Waals surface area contributed by atoms with Crippen molar-refractivity contribution in [3.63, 3.8) is 0 Å². The molecular weight excluding hydrogens is 360 g/mol. The maximum Gasteiger partial charge on any atom is 0.270 e. The van der Waals surface area contributed by atoms with E-state index in [1.807, 2.05) is 52.7 Å². The van der Waals surface area contributed by atoms with Crippen LogP contribution in [0.5, 0.6) is 5.75 Å². The van der Waals surface area contributed by atoms with Crippen LogP contribution in [0, 0.1) is 0 Å². The Morgan fingerprint density at radius 2 is 2.26 bits per heavy atom. The minimum atomic E-state index is -0.625. The Labute approximate surface area is 160 Å². The highest BCUT2D eigenvalue weighted by Gasteiger charge is 2.42. The standard InChI is InChI=1S/C20H20N4O2S/c1-3-8-23-12-13(11-21-23)9-17-18(25)24-15-10-20(2,22-19(24)27-17)26-16-7-5-4-6-14(15)16/h4-7,9,11-12,15H,3,8,10H2,1-2H3/b17-9-/t15-,20-/m1/s1. The van der Waals surface area contributed by atoms with E-state index in [9.17, 15) is 4.79 Å². The Morgan fingerprint density at radius 1 is 1.41 bits per heavy atom. The molecule has 0 radical (unpaired) electrons. The lowest BCUT2D eigenvalue weighted by Crippen LogP contribution is -2.49. The molecule has 0 unspecified atom stereocenters. The molecule has 7 heteroatoms. The monoisotopic (exact) mass is 380 g/mol. The third-order valence-corrected chi connectivity index (χ3v) is 6.05. The van der Waals surface area contributed by atoms with Gasteiger partial charge in [-0.15, -0.1) is 0 Å². The number of benzene rings is 1. The van der Waals surface area contributed by atoms with Gasteiger partial charge in [0.05, 0.1) is 16.8 Å². The second kappa shape index (κ2) is 5.92. The molecule has 6 nitrogen and oxygen atoms in total. The van der Waals surface area contributed by atoms with Gasteiger partial charge >= 0.3 is 0 Å². The van der Waals surface area contributed by atoms with Gasteiger partial charge in [-0.25, -0.2) is 4.99 Å². The Kier molecular flexibility index (Phi) is 3.62. The third kappa shape index (κ3) is 2.65. The first kappa shape index (κ1) is 16.5. The van der Waals surface area contributed by atoms with Crippen LogP contribution in [0.2, 0.25) is 0 Å². The van der Waals surface area contributed by atoms with E-state index in [-0.39, 0.29) is 11.6 Å². The summed E-state index contributed by atoms with van der Waals surface area (Å²) in [6, 6.07) is 7.89. The molecule has 5 rings (SSSR count). The zero-order chi connectivity index (χ0) is 18.6. The smallest absolute Gasteiger partial charge is 0.270 e. The molecule has 0 fully saturated rings. The molecule has 27 heavy (non-hydrogen) atoms. The molecule has 2 bridgehead atoms. The van der Waals surface area contributed by atoms with Crippen LogP contribution in [-0.2, 0) is 6.54 Å². The Balaban J connectivity index is 1.68. The van der Waals surface area contributed by atoms with Crippen molar-refractivity contribution in [2.75, 3.05) is 0 Å². The van der Waals surface area contributed by atoms with Gasteiger partial charge in [0.15, 0.2) is 4.80 Å². The van der Waals surface area contributed by atoms with Crippen molar-refractivity contribution in [1.82, 2.24) is 14.3 Å². The lowest BCUT2D eigenvalue weighted by molar-refractivity contribution is 0.0410. The van der Waals surface area contributed by atoms with Gasteiger partial charge in [-0.05, 0) is 25.5 Å². The SMILES string of the molecule is CCCn1cc(/C=c2\sc3n(c2=O)[C@@H]2C[C@](C)(N=3)Oc3ccccc32)cn1. The van der Waals surface area contributed by atoms with E-state index in [4.69, 9.17) is 9.73 Å². The lowest BCUT2D eigenvalue weighted by atomic mass is 9.93. The highest BCUT2D eigenvalue weighted by atomic mass is 32.1. The lowest BCUT2D eigenvalue weighted by Gasteiger charge is -2.39. The maximum atomic E-state index is 13.2. The third-order valence-electron chi connectivity index (χ3n) is 5.06. The summed E-state index contributed by atoms with van der Waals surface area (Å²) in [5.74, 6) is 0.815. The maximum absolute atomic E-state index is 13.2. The van der Waals surface area contributed by atoms with Crippen molar-refractivity contribution in [2.24, 2.45) is 4.99 Å². The van der Waals surface area contributed by atoms with Crippen LogP contribution in [0.25, 0.3) is 6.08 Å². The summed E-state index contributed by atoms with van der Waals surface area (Å²) >= 11 is 1.42. The van der Waals surface area contributed by atoms with Crippen molar-refractivity contribution in [1.29, 1.82) is 0 Å². The van der Waals surface area contributed by atoms with E-state index < -0.39 is 5.72 Å². The number of nitrogens with zero attached hydrogens (tertiary/aromatic N) is 4. The van der Waals surface area contributed by atoms with Gasteiger partial charge in [-0.3, -0.25) is 14.0 Å². The van der Waals surface area contributed by atoms with Gasteiger partial charge in [0.1, 0.15) is 5.75 Å². The number of aromatic nitrogens is 3. The number of thiazole rings is 1. The van der Waals surface area contributed by atoms with Gasteiger partial charge < -0.3 is 4.74 Å². The van der Waals surface area contributed by atoms with E-state index >= 15 is 0 Å². The average molecular weight is 380 g/mol. The molecule has 0 aliphatic carbocycles. The second-order valence-corrected chi connectivity index (χ2v) is 8.26. The molecular formula is C20H20N4O2S. The fourth-order valence-corrected chi connectivity index (χ4v) is 5.02. The number of hydrogen-bond acceptors (Lipinski definition) is 5. The number of ether oxygens (including phenoxy) is 1. The summed E-state index contributed by atoms with van der Waals surface area (Å²) in [5, 5.41) is 4.35. The van der Waals surface area contributed by atoms with Crippen LogP contribution in [0.3, 0.4) is 0 Å². The van der Waals surface area contributed by atoms with Crippen LogP contribution in [0.15, 0.2) is 46.4 Å². The van der Waals surface area contributed by atoms with Gasteiger partial charge in [0.25, 0.3) is 5.56 Å². The zero-order valence-corrected chi connectivity index (χ0v) is 16.1. The highest BCUT2D eigenvalue weighted by molar-refractivity contribution is 7.07. The number of rotatable bonds is 3. The first-order valence-corrected chi connectivity index (χ1v) is 10.0. The second-order valence-electron chi connectivity index (χ2n) is 7.25. The minimum absolute atomic E-state index is 0.00532. The first-order valence-electron chi connectivity index (χ1n) is 9.20. The molecule has 138 valence electrons. The van der Waals surface area contributed by atoms with Gasteiger partial charge in [-0.2, -0.15) is 5.10 Å². The van der Waals surface area contributed by atoms with E-state index in [1.165, 1.54) is 11.3 Å². The average Bonchev–Trinajstić information content (AvgIpc) is 3.19. The summed E-state index contributed by atoms with van der Waals surface area (Å²) in [5.41, 5.74) is 1.37. The van der Waals surface area contributed by atoms with E-state index in [1.54, 1.807) is 6.20 Å². The van der Waals surface area contributed by atoms with Crippen LogP contribution in [0.1, 0.15) is 43.9 Å². The van der Waals surface area contributed by atoms with Crippen LogP contribution in [-0.4, -0.2) is 20.1 Å². The minimum Gasteiger partial charge on any atom is -0.466 e. The topological polar surface area (TPSA) is 61.4 Å². The molecule has 0 N–H and O–H groups in total. The van der Waals surface area contributed by atoms with Crippen LogP contribution < -0.4 is 19.6 Å². The van der Waals surface area contributed by atoms with Gasteiger partial charge in [0.2, 0.25) is 5.72 Å². The molecule has 0 spiro atoms. The predicted molar refractivity (Wildman–Crippen MR) is 104 cm³/mol. The first-order chi connectivity index (χ1) is 13.1. The normalized spacial score (nSPS) is 23.3. The van der Waals surface area contributed by atoms with Crippen molar-refractivity contribution in [3.05, 3.63) is 67.5 Å². The number of fused-ring (bicyclic) bond motifs is 6. The van der Waals surface area contributed by atoms with Crippen molar-refractivity contribution in [3.8, 4) is 5.75 Å². The summed E-state index contributed by atoms with van der Waals surface area (Å²) in [6.45, 7) is 4.98. The number of aryl methyl sites for hydroxylation is 1. The zero-order valence-electron chi connectivity index (χ0n) is 15.3. The molecule has 2 aliphatic rings. The predicted octanol–water partition coefficient (Wildman–Crippen LogP) is 2.07. The Morgan fingerprint density at radius 3 is 3.11 bits per heavy atom. The van der Waals surface area contributed by atoms with E-state index in [2.05, 4.69) is 12.0 Å². The molecule has 3 aromatic rings. The Bertz CT molecular complexity index is 1210. The molecule has 4 heterocycles. The summed E-state index contributed by atoms with van der Waals surface area (Å²) in [7, 11) is 0. The van der Waals surface area contributed by atoms with Crippen molar-refractivity contribution < 1.29 is 4.74 Å². The van der Waals surface area contributed by atoms with Crippen molar-refractivity contribution >= 4 is 17.4 Å². The summed E-state index contributed by atoms with van der Waals surface area (Å²) in [6.07, 6.45) is 7.37. The Hall–Kier alpha value is -2.67. The molecule has 2 atom stereocenters. The number of para-hydroxylation sites is 1. The quantitative estimate of drug-likeness (QED) is 0.699. The molecule has 2 aliphatic heterocycles. The van der Waals surface area contributed by atoms with Crippen LogP contribution in [0.4, 0.5) is 0 Å².